The third-order valence-corrected chi connectivity index (χ3v) is 5.93. The number of methoxy groups -OCH3 is 2. The number of likely N-dealkylation sites (N-methyl/N-ethyl adjacent to an activating group) is 1. The summed E-state index contributed by atoms with van der Waals surface area (Å²) in [7, 11) is 4.54. The molecular formula is C27H25F2N3O4. The van der Waals surface area contributed by atoms with Gasteiger partial charge in [-0.15, -0.1) is 0 Å². The quantitative estimate of drug-likeness (QED) is 0.488. The number of hydrogen-bond donors (Lipinski definition) is 0. The fourth-order valence-electron chi connectivity index (χ4n) is 4.07. The van der Waals surface area contributed by atoms with Gasteiger partial charge in [0.2, 0.25) is 0 Å². The van der Waals surface area contributed by atoms with Gasteiger partial charge < -0.3 is 14.4 Å². The van der Waals surface area contributed by atoms with Crippen LogP contribution in [0.2, 0.25) is 0 Å². The van der Waals surface area contributed by atoms with E-state index in [9.17, 15) is 18.4 Å². The van der Waals surface area contributed by atoms with Crippen molar-refractivity contribution in [2.45, 2.75) is 12.5 Å². The number of carbonyl (C=O) groups is 2. The molecule has 7 nitrogen and oxygen atoms in total. The number of rotatable bonds is 7. The van der Waals surface area contributed by atoms with E-state index in [1.165, 1.54) is 54.4 Å². The zero-order chi connectivity index (χ0) is 25.8. The van der Waals surface area contributed by atoms with Gasteiger partial charge in [-0.05, 0) is 48.0 Å². The highest BCUT2D eigenvalue weighted by Crippen LogP contribution is 2.36. The van der Waals surface area contributed by atoms with E-state index in [-0.39, 0.29) is 12.1 Å². The molecule has 0 unspecified atom stereocenters. The molecule has 36 heavy (non-hydrogen) atoms. The molecule has 3 aromatic carbocycles. The first-order chi connectivity index (χ1) is 17.3. The van der Waals surface area contributed by atoms with E-state index >= 15 is 0 Å². The third-order valence-electron chi connectivity index (χ3n) is 5.93. The van der Waals surface area contributed by atoms with Crippen LogP contribution in [-0.4, -0.2) is 55.2 Å². The Morgan fingerprint density at radius 2 is 1.75 bits per heavy atom. The third kappa shape index (κ3) is 5.19. The number of nitrogens with zero attached hydrogens (tertiary/aromatic N) is 3. The number of halogens is 2. The fourth-order valence-corrected chi connectivity index (χ4v) is 4.07. The molecule has 1 aliphatic rings. The molecule has 1 heterocycles. The summed E-state index contributed by atoms with van der Waals surface area (Å²) < 4.78 is 37.9. The summed E-state index contributed by atoms with van der Waals surface area (Å²) in [6, 6.07) is 15.9. The van der Waals surface area contributed by atoms with Gasteiger partial charge in [0.05, 0.1) is 26.0 Å². The van der Waals surface area contributed by atoms with Crippen molar-refractivity contribution in [1.29, 1.82) is 0 Å². The average molecular weight is 494 g/mol. The first-order valence-electron chi connectivity index (χ1n) is 11.2. The minimum absolute atomic E-state index is 0.133. The van der Waals surface area contributed by atoms with Crippen molar-refractivity contribution in [3.05, 3.63) is 95.1 Å². The Kier molecular flexibility index (Phi) is 7.28. The Bertz CT molecular complexity index is 1310. The maximum absolute atomic E-state index is 13.6. The average Bonchev–Trinajstić information content (AvgIpc) is 3.33. The molecule has 0 spiro atoms. The van der Waals surface area contributed by atoms with Crippen molar-refractivity contribution in [2.24, 2.45) is 5.10 Å². The summed E-state index contributed by atoms with van der Waals surface area (Å²) >= 11 is 0. The van der Waals surface area contributed by atoms with Gasteiger partial charge in [-0.3, -0.25) is 9.59 Å². The van der Waals surface area contributed by atoms with Gasteiger partial charge in [-0.1, -0.05) is 18.2 Å². The summed E-state index contributed by atoms with van der Waals surface area (Å²) in [5.41, 5.74) is 2.10. The molecular weight excluding hydrogens is 468 g/mol. The number of hydrazone groups is 1. The SMILES string of the molecule is COc1ccc(C2=NN(C(=O)CN(C)C(=O)c3cccc(F)c3)[C@H](c3ccc(F)cc3)C2)c(OC)c1. The molecule has 186 valence electrons. The van der Waals surface area contributed by atoms with Crippen LogP contribution in [0.4, 0.5) is 8.78 Å². The van der Waals surface area contributed by atoms with Gasteiger partial charge in [0.15, 0.2) is 0 Å². The van der Waals surface area contributed by atoms with E-state index in [1.807, 2.05) is 0 Å². The van der Waals surface area contributed by atoms with Crippen LogP contribution in [0, 0.1) is 11.6 Å². The maximum atomic E-state index is 13.6. The van der Waals surface area contributed by atoms with Crippen LogP contribution in [0.1, 0.15) is 33.9 Å². The largest absolute Gasteiger partial charge is 0.497 e. The highest BCUT2D eigenvalue weighted by Gasteiger charge is 2.35. The Balaban J connectivity index is 1.63. The lowest BCUT2D eigenvalue weighted by Gasteiger charge is -2.25. The van der Waals surface area contributed by atoms with Gasteiger partial charge >= 0.3 is 0 Å². The zero-order valence-electron chi connectivity index (χ0n) is 20.1. The lowest BCUT2D eigenvalue weighted by Crippen LogP contribution is -2.39. The van der Waals surface area contributed by atoms with Crippen LogP contribution in [0.15, 0.2) is 71.8 Å². The summed E-state index contributed by atoms with van der Waals surface area (Å²) in [6.45, 7) is -0.288. The number of ether oxygens (including phenoxy) is 2. The van der Waals surface area contributed by atoms with Gasteiger partial charge in [-0.2, -0.15) is 5.10 Å². The van der Waals surface area contributed by atoms with E-state index in [1.54, 1.807) is 37.4 Å². The summed E-state index contributed by atoms with van der Waals surface area (Å²) in [5.74, 6) is -0.749. The molecule has 0 aliphatic carbocycles. The molecule has 9 heteroatoms. The Labute approximate surface area is 207 Å². The van der Waals surface area contributed by atoms with Crippen LogP contribution < -0.4 is 9.47 Å². The van der Waals surface area contributed by atoms with Crippen LogP contribution in [-0.2, 0) is 4.79 Å². The second-order valence-electron chi connectivity index (χ2n) is 8.29. The Morgan fingerprint density at radius 1 is 1.00 bits per heavy atom. The van der Waals surface area contributed by atoms with Gasteiger partial charge in [0, 0.05) is 30.7 Å². The predicted octanol–water partition coefficient (Wildman–Crippen LogP) is 4.43. The molecule has 0 saturated heterocycles. The molecule has 1 aliphatic heterocycles. The predicted molar refractivity (Wildman–Crippen MR) is 130 cm³/mol. The van der Waals surface area contributed by atoms with E-state index in [0.717, 1.165) is 6.07 Å². The van der Waals surface area contributed by atoms with E-state index in [0.29, 0.717) is 34.8 Å². The summed E-state index contributed by atoms with van der Waals surface area (Å²) in [6.07, 6.45) is 0.349. The first kappa shape index (κ1) is 24.8. The minimum Gasteiger partial charge on any atom is -0.497 e. The summed E-state index contributed by atoms with van der Waals surface area (Å²) in [5, 5.41) is 5.90. The van der Waals surface area contributed by atoms with Crippen LogP contribution in [0.5, 0.6) is 11.5 Å². The molecule has 2 amide bonds. The Hall–Kier alpha value is -4.27. The van der Waals surface area contributed by atoms with Gasteiger partial charge in [0.1, 0.15) is 29.7 Å². The first-order valence-corrected chi connectivity index (χ1v) is 11.2. The second-order valence-corrected chi connectivity index (χ2v) is 8.29. The van der Waals surface area contributed by atoms with Crippen molar-refractivity contribution < 1.29 is 27.8 Å². The zero-order valence-corrected chi connectivity index (χ0v) is 20.1. The van der Waals surface area contributed by atoms with Crippen molar-refractivity contribution in [1.82, 2.24) is 9.91 Å². The molecule has 0 N–H and O–H groups in total. The standard InChI is InChI=1S/C27H25F2N3O4/c1-31(27(34)18-5-4-6-20(29)13-18)16-26(33)32-24(17-7-9-19(28)10-8-17)15-23(30-32)22-12-11-21(35-2)14-25(22)36-3/h4-14,24H,15-16H2,1-3H3/t24-/m0/s1. The molecule has 4 rings (SSSR count). The van der Waals surface area contributed by atoms with E-state index in [2.05, 4.69) is 5.10 Å². The lowest BCUT2D eigenvalue weighted by molar-refractivity contribution is -0.133. The number of amides is 2. The van der Waals surface area contributed by atoms with Gasteiger partial charge in [-0.25, -0.2) is 13.8 Å². The van der Waals surface area contributed by atoms with Crippen molar-refractivity contribution in [2.75, 3.05) is 27.8 Å². The highest BCUT2D eigenvalue weighted by atomic mass is 19.1. The van der Waals surface area contributed by atoms with Crippen molar-refractivity contribution >= 4 is 17.5 Å². The van der Waals surface area contributed by atoms with E-state index < -0.39 is 29.5 Å². The van der Waals surface area contributed by atoms with Crippen LogP contribution in [0.25, 0.3) is 0 Å². The molecule has 0 radical (unpaired) electrons. The highest BCUT2D eigenvalue weighted by molar-refractivity contribution is 6.05. The number of hydrogen-bond acceptors (Lipinski definition) is 5. The maximum Gasteiger partial charge on any atom is 0.262 e. The molecule has 0 saturated carbocycles. The second kappa shape index (κ2) is 10.6. The molecule has 0 aromatic heterocycles. The summed E-state index contributed by atoms with van der Waals surface area (Å²) in [4.78, 5) is 27.3. The fraction of sp³-hybridized carbons (Fsp3) is 0.222. The number of benzene rings is 3. The molecule has 0 fully saturated rings. The number of carbonyl (C=O) groups excluding carboxylic acids is 2. The molecule has 3 aromatic rings. The lowest BCUT2D eigenvalue weighted by atomic mass is 9.97. The van der Waals surface area contributed by atoms with Crippen molar-refractivity contribution in [3.63, 3.8) is 0 Å². The topological polar surface area (TPSA) is 71.4 Å². The molecule has 1 atom stereocenters. The van der Waals surface area contributed by atoms with Crippen molar-refractivity contribution in [3.8, 4) is 11.5 Å². The van der Waals surface area contributed by atoms with Crippen LogP contribution in [0.3, 0.4) is 0 Å². The van der Waals surface area contributed by atoms with Crippen LogP contribution >= 0.6 is 0 Å². The normalized spacial score (nSPS) is 14.9. The minimum atomic E-state index is -0.542. The van der Waals surface area contributed by atoms with Gasteiger partial charge in [0.25, 0.3) is 11.8 Å². The van der Waals surface area contributed by atoms with E-state index in [4.69, 9.17) is 9.47 Å². The smallest absolute Gasteiger partial charge is 0.262 e. The monoisotopic (exact) mass is 493 g/mol. The molecule has 0 bridgehead atoms. The Morgan fingerprint density at radius 3 is 2.42 bits per heavy atom.